The molecular weight excluding hydrogens is 217 g/mol. The molecule has 0 heterocycles. The molecule has 1 aromatic carbocycles. The zero-order valence-corrected chi connectivity index (χ0v) is 8.06. The third-order valence-corrected chi connectivity index (χ3v) is 1.78. The van der Waals surface area contributed by atoms with Crippen molar-refractivity contribution in [2.24, 2.45) is 0 Å². The molecule has 0 fully saturated rings. The van der Waals surface area contributed by atoms with Gasteiger partial charge in [-0.2, -0.15) is 8.78 Å². The van der Waals surface area contributed by atoms with Crippen molar-refractivity contribution in [1.82, 2.24) is 0 Å². The first-order chi connectivity index (χ1) is 6.42. The van der Waals surface area contributed by atoms with Gasteiger partial charge in [0.2, 0.25) is 0 Å². The standard InChI is InChI=1S/C9H8ClF3O/c1-6-2-4-7(5-3-6)14-9(12,13)8(10)11/h2-5,8H,1H3. The molecule has 1 nitrogen and oxygen atoms in total. The van der Waals surface area contributed by atoms with Crippen molar-refractivity contribution in [2.75, 3.05) is 0 Å². The van der Waals surface area contributed by atoms with Gasteiger partial charge in [-0.15, -0.1) is 0 Å². The lowest BCUT2D eigenvalue weighted by Crippen LogP contribution is -2.32. The van der Waals surface area contributed by atoms with Crippen molar-refractivity contribution in [3.8, 4) is 5.75 Å². The summed E-state index contributed by atoms with van der Waals surface area (Å²) in [4.78, 5) is 0. The van der Waals surface area contributed by atoms with Crippen molar-refractivity contribution in [3.63, 3.8) is 0 Å². The van der Waals surface area contributed by atoms with E-state index in [9.17, 15) is 13.2 Å². The van der Waals surface area contributed by atoms with Crippen LogP contribution in [0.3, 0.4) is 0 Å². The lowest BCUT2D eigenvalue weighted by molar-refractivity contribution is -0.199. The SMILES string of the molecule is Cc1ccc(OC(F)(F)C(F)Cl)cc1. The number of alkyl halides is 4. The first kappa shape index (κ1) is 11.2. The summed E-state index contributed by atoms with van der Waals surface area (Å²) in [6, 6.07) is 5.80. The van der Waals surface area contributed by atoms with E-state index in [1.165, 1.54) is 12.1 Å². The van der Waals surface area contributed by atoms with Crippen LogP contribution in [0.1, 0.15) is 5.56 Å². The zero-order valence-electron chi connectivity index (χ0n) is 7.31. The maximum Gasteiger partial charge on any atom is 0.444 e. The summed E-state index contributed by atoms with van der Waals surface area (Å²) in [6.45, 7) is 1.79. The summed E-state index contributed by atoms with van der Waals surface area (Å²) in [6.07, 6.45) is -4.00. The second kappa shape index (κ2) is 4.09. The molecule has 78 valence electrons. The van der Waals surface area contributed by atoms with Gasteiger partial charge in [-0.3, -0.25) is 0 Å². The zero-order chi connectivity index (χ0) is 10.8. The molecule has 0 spiro atoms. The molecule has 0 radical (unpaired) electrons. The van der Waals surface area contributed by atoms with Crippen LogP contribution in [0, 0.1) is 6.92 Å². The minimum Gasteiger partial charge on any atom is -0.429 e. The largest absolute Gasteiger partial charge is 0.444 e. The molecule has 1 aromatic rings. The van der Waals surface area contributed by atoms with Crippen LogP contribution in [0.4, 0.5) is 13.2 Å². The third-order valence-electron chi connectivity index (χ3n) is 1.53. The summed E-state index contributed by atoms with van der Waals surface area (Å²) in [5.74, 6) is -0.121. The highest BCUT2D eigenvalue weighted by Crippen LogP contribution is 2.28. The molecule has 0 aliphatic rings. The normalized spacial score (nSPS) is 13.8. The molecule has 1 rings (SSSR count). The average molecular weight is 225 g/mol. The molecule has 0 bridgehead atoms. The highest BCUT2D eigenvalue weighted by atomic mass is 35.5. The highest BCUT2D eigenvalue weighted by molar-refractivity contribution is 6.20. The molecule has 0 saturated heterocycles. The quantitative estimate of drug-likeness (QED) is 0.714. The van der Waals surface area contributed by atoms with E-state index < -0.39 is 11.7 Å². The van der Waals surface area contributed by atoms with Gasteiger partial charge in [0.05, 0.1) is 0 Å². The molecule has 0 aromatic heterocycles. The van der Waals surface area contributed by atoms with Crippen LogP contribution in [0.5, 0.6) is 5.75 Å². The van der Waals surface area contributed by atoms with Crippen LogP contribution in [0.25, 0.3) is 0 Å². The van der Waals surface area contributed by atoms with Crippen molar-refractivity contribution < 1.29 is 17.9 Å². The number of rotatable bonds is 3. The van der Waals surface area contributed by atoms with Gasteiger partial charge < -0.3 is 4.74 Å². The molecule has 14 heavy (non-hydrogen) atoms. The smallest absolute Gasteiger partial charge is 0.429 e. The van der Waals surface area contributed by atoms with E-state index in [2.05, 4.69) is 16.3 Å². The number of halogens is 4. The number of benzene rings is 1. The lowest BCUT2D eigenvalue weighted by atomic mass is 10.2. The summed E-state index contributed by atoms with van der Waals surface area (Å²) in [7, 11) is 0. The van der Waals surface area contributed by atoms with E-state index in [0.717, 1.165) is 5.56 Å². The van der Waals surface area contributed by atoms with Crippen LogP contribution >= 0.6 is 11.6 Å². The van der Waals surface area contributed by atoms with E-state index in [-0.39, 0.29) is 5.75 Å². The second-order valence-electron chi connectivity index (χ2n) is 2.78. The first-order valence-corrected chi connectivity index (χ1v) is 4.27. The van der Waals surface area contributed by atoms with Gasteiger partial charge in [0.1, 0.15) is 5.75 Å². The Bertz CT molecular complexity index is 297. The van der Waals surface area contributed by atoms with Crippen molar-refractivity contribution in [3.05, 3.63) is 29.8 Å². The van der Waals surface area contributed by atoms with E-state index in [0.29, 0.717) is 0 Å². The van der Waals surface area contributed by atoms with Gasteiger partial charge in [0.25, 0.3) is 5.63 Å². The highest BCUT2D eigenvalue weighted by Gasteiger charge is 2.41. The van der Waals surface area contributed by atoms with Crippen molar-refractivity contribution in [2.45, 2.75) is 18.7 Å². The van der Waals surface area contributed by atoms with E-state index in [1.54, 1.807) is 19.1 Å². The Morgan fingerprint density at radius 2 is 1.79 bits per heavy atom. The Morgan fingerprint density at radius 1 is 1.29 bits per heavy atom. The Hall–Kier alpha value is -0.900. The Labute approximate surface area is 84.4 Å². The summed E-state index contributed by atoms with van der Waals surface area (Å²) < 4.78 is 41.4. The molecular formula is C9H8ClF3O. The molecule has 0 saturated carbocycles. The number of ether oxygens (including phenoxy) is 1. The van der Waals surface area contributed by atoms with Gasteiger partial charge in [-0.25, -0.2) is 4.39 Å². The molecule has 0 N–H and O–H groups in total. The minimum absolute atomic E-state index is 0.121. The van der Waals surface area contributed by atoms with Gasteiger partial charge >= 0.3 is 6.11 Å². The van der Waals surface area contributed by atoms with Crippen LogP contribution < -0.4 is 4.74 Å². The Balaban J connectivity index is 2.74. The van der Waals surface area contributed by atoms with Crippen molar-refractivity contribution in [1.29, 1.82) is 0 Å². The molecule has 5 heteroatoms. The fraction of sp³-hybridized carbons (Fsp3) is 0.333. The van der Waals surface area contributed by atoms with Crippen LogP contribution in [-0.2, 0) is 0 Å². The van der Waals surface area contributed by atoms with Crippen LogP contribution in [-0.4, -0.2) is 11.7 Å². The maximum absolute atomic E-state index is 12.6. The summed E-state index contributed by atoms with van der Waals surface area (Å²) in [5, 5.41) is 0. The van der Waals surface area contributed by atoms with Crippen LogP contribution in [0.15, 0.2) is 24.3 Å². The van der Waals surface area contributed by atoms with Gasteiger partial charge in [-0.05, 0) is 19.1 Å². The third kappa shape index (κ3) is 2.80. The van der Waals surface area contributed by atoms with Crippen molar-refractivity contribution >= 4 is 11.6 Å². The molecule has 1 atom stereocenters. The minimum atomic E-state index is -4.00. The Kier molecular flexibility index (Phi) is 3.26. The monoisotopic (exact) mass is 224 g/mol. The molecule has 0 aliphatic heterocycles. The van der Waals surface area contributed by atoms with Gasteiger partial charge in [-0.1, -0.05) is 29.3 Å². The molecule has 0 aliphatic carbocycles. The van der Waals surface area contributed by atoms with E-state index in [4.69, 9.17) is 0 Å². The number of hydrogen-bond acceptors (Lipinski definition) is 1. The fourth-order valence-corrected chi connectivity index (χ4v) is 0.853. The predicted molar refractivity (Wildman–Crippen MR) is 47.5 cm³/mol. The average Bonchev–Trinajstić information content (AvgIpc) is 2.08. The Morgan fingerprint density at radius 3 is 2.21 bits per heavy atom. The second-order valence-corrected chi connectivity index (χ2v) is 3.16. The first-order valence-electron chi connectivity index (χ1n) is 3.83. The summed E-state index contributed by atoms with van der Waals surface area (Å²) >= 11 is 4.61. The topological polar surface area (TPSA) is 9.23 Å². The predicted octanol–water partition coefficient (Wildman–Crippen LogP) is 3.50. The van der Waals surface area contributed by atoms with Gasteiger partial charge in [0, 0.05) is 0 Å². The number of hydrogen-bond donors (Lipinski definition) is 0. The fourth-order valence-electron chi connectivity index (χ4n) is 0.808. The lowest BCUT2D eigenvalue weighted by Gasteiger charge is -2.17. The van der Waals surface area contributed by atoms with E-state index >= 15 is 0 Å². The molecule has 1 unspecified atom stereocenters. The molecule has 0 amide bonds. The summed E-state index contributed by atoms with van der Waals surface area (Å²) in [5.41, 5.74) is -1.97. The maximum atomic E-state index is 12.6. The van der Waals surface area contributed by atoms with Gasteiger partial charge in [0.15, 0.2) is 0 Å². The number of aryl methyl sites for hydroxylation is 1. The van der Waals surface area contributed by atoms with Crippen LogP contribution in [0.2, 0.25) is 0 Å². The van der Waals surface area contributed by atoms with E-state index in [1.807, 2.05) is 0 Å².